The van der Waals surface area contributed by atoms with E-state index >= 15 is 0 Å². The molecule has 82 valence electrons. The van der Waals surface area contributed by atoms with Gasteiger partial charge in [-0.3, -0.25) is 4.79 Å². The van der Waals surface area contributed by atoms with Crippen molar-refractivity contribution in [3.63, 3.8) is 0 Å². The van der Waals surface area contributed by atoms with Crippen molar-refractivity contribution in [3.05, 3.63) is 0 Å². The van der Waals surface area contributed by atoms with E-state index < -0.39 is 0 Å². The average molecular weight is 218 g/mol. The summed E-state index contributed by atoms with van der Waals surface area (Å²) in [6, 6.07) is 0. The lowest BCUT2D eigenvalue weighted by atomic mass is 9.78. The van der Waals surface area contributed by atoms with Gasteiger partial charge in [0.15, 0.2) is 0 Å². The van der Waals surface area contributed by atoms with Crippen LogP contribution in [0.2, 0.25) is 0 Å². The Bertz CT molecular complexity index is 196. The summed E-state index contributed by atoms with van der Waals surface area (Å²) in [5.74, 6) is 1.20. The summed E-state index contributed by atoms with van der Waals surface area (Å²) in [6.07, 6.45) is 4.97. The highest BCUT2D eigenvalue weighted by Crippen LogP contribution is 2.33. The third-order valence-corrected chi connectivity index (χ3v) is 3.71. The van der Waals surface area contributed by atoms with Crippen LogP contribution in [0.1, 0.15) is 46.0 Å². The Hall–Kier alpha value is -0.240. The minimum absolute atomic E-state index is 0.0634. The van der Waals surface area contributed by atoms with Gasteiger partial charge in [-0.15, -0.1) is 11.6 Å². The first-order chi connectivity index (χ1) is 6.62. The van der Waals surface area contributed by atoms with E-state index in [-0.39, 0.29) is 11.4 Å². The highest BCUT2D eigenvalue weighted by molar-refractivity contribution is 6.18. The molecular weight excluding hydrogens is 198 g/mol. The van der Waals surface area contributed by atoms with Gasteiger partial charge in [0.25, 0.3) is 0 Å². The first kappa shape index (κ1) is 11.8. The highest BCUT2D eigenvalue weighted by Gasteiger charge is 2.37. The van der Waals surface area contributed by atoms with E-state index in [9.17, 15) is 4.79 Å². The van der Waals surface area contributed by atoms with Crippen LogP contribution in [0.25, 0.3) is 0 Å². The van der Waals surface area contributed by atoms with Crippen LogP contribution in [0.15, 0.2) is 0 Å². The van der Waals surface area contributed by atoms with Crippen LogP contribution in [-0.2, 0) is 4.79 Å². The summed E-state index contributed by atoms with van der Waals surface area (Å²) in [5, 5.41) is 3.07. The predicted octanol–water partition coefficient (Wildman–Crippen LogP) is 2.70. The third kappa shape index (κ3) is 2.88. The SMILES string of the molecule is CCC(C)CC(=O)NC1(CCl)CCC1. The molecule has 1 saturated carbocycles. The van der Waals surface area contributed by atoms with Crippen molar-refractivity contribution in [2.75, 3.05) is 5.88 Å². The predicted molar refractivity (Wildman–Crippen MR) is 59.5 cm³/mol. The minimum atomic E-state index is -0.0634. The molecule has 3 heteroatoms. The van der Waals surface area contributed by atoms with Gasteiger partial charge in [0, 0.05) is 12.3 Å². The largest absolute Gasteiger partial charge is 0.349 e. The van der Waals surface area contributed by atoms with E-state index in [4.69, 9.17) is 11.6 Å². The lowest BCUT2D eigenvalue weighted by Crippen LogP contribution is -2.55. The van der Waals surface area contributed by atoms with Gasteiger partial charge in [-0.25, -0.2) is 0 Å². The summed E-state index contributed by atoms with van der Waals surface area (Å²) < 4.78 is 0. The molecule has 1 fully saturated rings. The van der Waals surface area contributed by atoms with E-state index in [1.54, 1.807) is 0 Å². The van der Waals surface area contributed by atoms with Gasteiger partial charge in [0.05, 0.1) is 5.54 Å². The van der Waals surface area contributed by atoms with Crippen LogP contribution in [0.3, 0.4) is 0 Å². The lowest BCUT2D eigenvalue weighted by molar-refractivity contribution is -0.124. The fourth-order valence-corrected chi connectivity index (χ4v) is 2.04. The van der Waals surface area contributed by atoms with Gasteiger partial charge in [-0.2, -0.15) is 0 Å². The van der Waals surface area contributed by atoms with Crippen LogP contribution in [0.5, 0.6) is 0 Å². The van der Waals surface area contributed by atoms with Crippen LogP contribution in [0.4, 0.5) is 0 Å². The van der Waals surface area contributed by atoms with Crippen molar-refractivity contribution in [2.45, 2.75) is 51.5 Å². The molecule has 1 rings (SSSR count). The number of carbonyl (C=O) groups excluding carboxylic acids is 1. The number of hydrogen-bond acceptors (Lipinski definition) is 1. The monoisotopic (exact) mass is 217 g/mol. The zero-order valence-corrected chi connectivity index (χ0v) is 9.86. The Morgan fingerprint density at radius 2 is 2.21 bits per heavy atom. The Kier molecular flexibility index (Phi) is 4.24. The standard InChI is InChI=1S/C11H20ClNO/c1-3-9(2)7-10(14)13-11(8-12)5-4-6-11/h9H,3-8H2,1-2H3,(H,13,14). The minimum Gasteiger partial charge on any atom is -0.349 e. The molecule has 0 aliphatic heterocycles. The Balaban J connectivity index is 2.32. The molecule has 1 aliphatic rings. The van der Waals surface area contributed by atoms with E-state index in [0.717, 1.165) is 19.3 Å². The van der Waals surface area contributed by atoms with E-state index in [2.05, 4.69) is 19.2 Å². The van der Waals surface area contributed by atoms with Crippen LogP contribution in [-0.4, -0.2) is 17.3 Å². The van der Waals surface area contributed by atoms with Gasteiger partial charge in [0.2, 0.25) is 5.91 Å². The Morgan fingerprint density at radius 3 is 2.57 bits per heavy atom. The fraction of sp³-hybridized carbons (Fsp3) is 0.909. The second-order valence-corrected chi connectivity index (χ2v) is 4.80. The molecule has 0 aromatic rings. The van der Waals surface area contributed by atoms with E-state index in [1.165, 1.54) is 6.42 Å². The first-order valence-corrected chi connectivity index (χ1v) is 6.02. The zero-order valence-electron chi connectivity index (χ0n) is 9.11. The maximum Gasteiger partial charge on any atom is 0.220 e. The van der Waals surface area contributed by atoms with Crippen LogP contribution >= 0.6 is 11.6 Å². The van der Waals surface area contributed by atoms with E-state index in [0.29, 0.717) is 18.2 Å². The summed E-state index contributed by atoms with van der Waals surface area (Å²) in [6.45, 7) is 4.21. The molecule has 0 aromatic carbocycles. The number of alkyl halides is 1. The van der Waals surface area contributed by atoms with Crippen molar-refractivity contribution >= 4 is 17.5 Å². The number of amides is 1. The molecule has 1 amide bonds. The van der Waals surface area contributed by atoms with Crippen molar-refractivity contribution in [2.24, 2.45) is 5.92 Å². The number of nitrogens with one attached hydrogen (secondary N) is 1. The molecule has 0 aromatic heterocycles. The second-order valence-electron chi connectivity index (χ2n) is 4.53. The van der Waals surface area contributed by atoms with E-state index in [1.807, 2.05) is 0 Å². The summed E-state index contributed by atoms with van der Waals surface area (Å²) in [5.41, 5.74) is -0.0634. The summed E-state index contributed by atoms with van der Waals surface area (Å²) in [4.78, 5) is 11.6. The summed E-state index contributed by atoms with van der Waals surface area (Å²) >= 11 is 5.86. The summed E-state index contributed by atoms with van der Waals surface area (Å²) in [7, 11) is 0. The molecule has 1 aliphatic carbocycles. The second kappa shape index (κ2) is 5.01. The molecule has 0 spiro atoms. The van der Waals surface area contributed by atoms with Gasteiger partial charge in [-0.05, 0) is 25.2 Å². The fourth-order valence-electron chi connectivity index (χ4n) is 1.70. The maximum absolute atomic E-state index is 11.6. The number of rotatable bonds is 5. The van der Waals surface area contributed by atoms with Gasteiger partial charge in [-0.1, -0.05) is 20.3 Å². The highest BCUT2D eigenvalue weighted by atomic mass is 35.5. The quantitative estimate of drug-likeness (QED) is 0.705. The van der Waals surface area contributed by atoms with Crippen LogP contribution < -0.4 is 5.32 Å². The molecule has 1 N–H and O–H groups in total. The van der Waals surface area contributed by atoms with Gasteiger partial charge in [0.1, 0.15) is 0 Å². The van der Waals surface area contributed by atoms with Gasteiger partial charge < -0.3 is 5.32 Å². The Labute approximate surface area is 91.4 Å². The molecule has 1 atom stereocenters. The van der Waals surface area contributed by atoms with Crippen molar-refractivity contribution < 1.29 is 4.79 Å². The smallest absolute Gasteiger partial charge is 0.220 e. The zero-order chi connectivity index (χ0) is 10.6. The molecule has 1 unspecified atom stereocenters. The first-order valence-electron chi connectivity index (χ1n) is 5.49. The lowest BCUT2D eigenvalue weighted by Gasteiger charge is -2.41. The number of carbonyl (C=O) groups is 1. The van der Waals surface area contributed by atoms with Crippen molar-refractivity contribution in [1.29, 1.82) is 0 Å². The number of halogens is 1. The molecule has 0 saturated heterocycles. The van der Waals surface area contributed by atoms with Gasteiger partial charge >= 0.3 is 0 Å². The van der Waals surface area contributed by atoms with Crippen molar-refractivity contribution in [1.82, 2.24) is 5.32 Å². The molecule has 0 bridgehead atoms. The molecule has 14 heavy (non-hydrogen) atoms. The third-order valence-electron chi connectivity index (χ3n) is 3.20. The van der Waals surface area contributed by atoms with Crippen molar-refractivity contribution in [3.8, 4) is 0 Å². The van der Waals surface area contributed by atoms with Crippen LogP contribution in [0, 0.1) is 5.92 Å². The molecule has 2 nitrogen and oxygen atoms in total. The molecule has 0 radical (unpaired) electrons. The number of hydrogen-bond donors (Lipinski definition) is 1. The normalized spacial score (nSPS) is 21.1. The Morgan fingerprint density at radius 1 is 1.57 bits per heavy atom. The molecular formula is C11H20ClNO. The topological polar surface area (TPSA) is 29.1 Å². The average Bonchev–Trinajstić information content (AvgIpc) is 2.11. The molecule has 0 heterocycles. The maximum atomic E-state index is 11.6.